The van der Waals surface area contributed by atoms with Crippen LogP contribution >= 0.6 is 11.8 Å². The molecule has 14 heteroatoms. The molecular weight excluding hydrogens is 881 g/mol. The third-order valence-electron chi connectivity index (χ3n) is 14.3. The molecule has 5 aromatic rings. The average molecular weight is 935 g/mol. The number of likely N-dealkylation sites (N-methyl/N-ethyl adjacent to an activating group) is 1. The number of piperazine rings is 1. The molecule has 1 fully saturated rings. The van der Waals surface area contributed by atoms with Gasteiger partial charge in [0, 0.05) is 51.8 Å². The highest BCUT2D eigenvalue weighted by atomic mass is 32.2. The zero-order chi connectivity index (χ0) is 47.2. The lowest BCUT2D eigenvalue weighted by molar-refractivity contribution is -0.150. The molecule has 5 aliphatic rings. The van der Waals surface area contributed by atoms with E-state index in [1.165, 1.54) is 22.3 Å². The topological polar surface area (TPSA) is 152 Å². The molecule has 5 aromatic carbocycles. The van der Waals surface area contributed by atoms with E-state index in [2.05, 4.69) is 58.1 Å². The highest BCUT2D eigenvalue weighted by Crippen LogP contribution is 2.58. The summed E-state index contributed by atoms with van der Waals surface area (Å²) in [5.74, 6) is 2.40. The van der Waals surface area contributed by atoms with Gasteiger partial charge in [0.05, 0.1) is 25.3 Å². The van der Waals surface area contributed by atoms with Crippen molar-refractivity contribution in [3.63, 3.8) is 0 Å². The summed E-state index contributed by atoms with van der Waals surface area (Å²) in [6.07, 6.45) is 1.82. The van der Waals surface area contributed by atoms with Crippen LogP contribution in [0, 0.1) is 25.2 Å². The van der Waals surface area contributed by atoms with E-state index in [0.717, 1.165) is 33.4 Å². The van der Waals surface area contributed by atoms with E-state index in [1.807, 2.05) is 75.5 Å². The van der Waals surface area contributed by atoms with Gasteiger partial charge < -0.3 is 38.8 Å². The Labute approximate surface area is 400 Å². The zero-order valence-electron chi connectivity index (χ0n) is 38.5. The molecule has 6 atom stereocenters. The van der Waals surface area contributed by atoms with E-state index in [0.29, 0.717) is 47.2 Å². The summed E-state index contributed by atoms with van der Waals surface area (Å²) < 4.78 is 36.7. The van der Waals surface area contributed by atoms with Crippen LogP contribution in [0.15, 0.2) is 97.6 Å². The van der Waals surface area contributed by atoms with Gasteiger partial charge in [-0.05, 0) is 72.7 Å². The largest absolute Gasteiger partial charge is 0.504 e. The molecule has 0 spiro atoms. The Hall–Kier alpha value is -6.66. The molecule has 2 bridgehead atoms. The van der Waals surface area contributed by atoms with Gasteiger partial charge in [0.15, 0.2) is 23.0 Å². The van der Waals surface area contributed by atoms with Crippen molar-refractivity contribution < 1.29 is 43.1 Å². The first-order valence-corrected chi connectivity index (χ1v) is 24.2. The summed E-state index contributed by atoms with van der Waals surface area (Å²) in [6, 6.07) is 27.2. The number of nitrogens with zero attached hydrogens (tertiary/aromatic N) is 3. The fourth-order valence-corrected chi connectivity index (χ4v) is 12.6. The highest BCUT2D eigenvalue weighted by Gasteiger charge is 2.57. The van der Waals surface area contributed by atoms with Gasteiger partial charge in [-0.2, -0.15) is 17.0 Å². The Morgan fingerprint density at radius 3 is 2.37 bits per heavy atom. The van der Waals surface area contributed by atoms with Crippen LogP contribution in [-0.2, 0) is 33.7 Å². The van der Waals surface area contributed by atoms with Gasteiger partial charge in [0.1, 0.15) is 37.7 Å². The lowest BCUT2D eigenvalue weighted by atomic mass is 9.71. The van der Waals surface area contributed by atoms with Crippen LogP contribution in [0.25, 0.3) is 11.1 Å². The number of fused-ring (bicyclic) bond motifs is 12. The van der Waals surface area contributed by atoms with Crippen molar-refractivity contribution in [3.8, 4) is 45.9 Å². The van der Waals surface area contributed by atoms with Crippen LogP contribution in [0.2, 0.25) is 0 Å². The van der Waals surface area contributed by atoms with Gasteiger partial charge in [-0.25, -0.2) is 9.59 Å². The number of nitrogens with one attached hydrogen (secondary N) is 1. The summed E-state index contributed by atoms with van der Waals surface area (Å²) in [6.45, 7) is 7.76. The molecule has 350 valence electrons. The molecule has 2 unspecified atom stereocenters. The second kappa shape index (κ2) is 18.8. The van der Waals surface area contributed by atoms with Crippen molar-refractivity contribution in [1.29, 1.82) is 5.26 Å². The number of esters is 1. The minimum atomic E-state index is -1.10. The molecule has 1 aliphatic carbocycles. The van der Waals surface area contributed by atoms with Crippen LogP contribution in [0.5, 0.6) is 28.7 Å². The summed E-state index contributed by atoms with van der Waals surface area (Å²) in [7, 11) is 3.55. The van der Waals surface area contributed by atoms with Gasteiger partial charge in [-0.3, -0.25) is 9.80 Å². The molecule has 1 saturated heterocycles. The van der Waals surface area contributed by atoms with Crippen molar-refractivity contribution in [2.75, 3.05) is 45.7 Å². The van der Waals surface area contributed by atoms with Crippen molar-refractivity contribution in [1.82, 2.24) is 15.1 Å². The summed E-state index contributed by atoms with van der Waals surface area (Å²) >= 11 is 1.56. The average Bonchev–Trinajstić information content (AvgIpc) is 3.97. The lowest BCUT2D eigenvalue weighted by Gasteiger charge is -2.59. The number of carbonyl (C=O) groups is 2. The fourth-order valence-electron chi connectivity index (χ4n) is 11.4. The second-order valence-corrected chi connectivity index (χ2v) is 19.1. The number of aromatic hydroxyl groups is 1. The number of ether oxygens (including phenoxy) is 6. The molecule has 2 N–H and O–H groups in total. The lowest BCUT2D eigenvalue weighted by Crippen LogP contribution is -2.68. The number of amides is 1. The number of carbonyl (C=O) groups excluding carboxylic acids is 2. The number of benzene rings is 5. The van der Waals surface area contributed by atoms with E-state index < -0.39 is 42.3 Å². The Bertz CT molecular complexity index is 2790. The van der Waals surface area contributed by atoms with E-state index in [4.69, 9.17) is 28.4 Å². The number of phenolic OH excluding ortho intramolecular Hbond substituents is 1. The standard InChI is InChI=1S/C54H54N4O9S/c1-6-20-63-50-31(3)51-52(67-29-66-51)46-38(50)23-42-47-45-33(21-30(2)49(62-5)48(45)59)22-41(57(47)4)43(24-55)58(42)44(46)26-64-53(60)40(56-54(61)65-25-32-14-8-7-9-15-32)28-68-27-39-36-18-12-10-16-34(36)35-17-11-13-19-37(35)39/h6-19,21,39-44,47,59H,1,20,22-23,25-29H2,2-5H3,(H,56,61)/t40-,41-,42?,43?,44+,47+/m1/s1. The Kier molecular flexibility index (Phi) is 12.5. The number of phenols is 1. The molecule has 10 rings (SSSR count). The van der Waals surface area contributed by atoms with Gasteiger partial charge in [-0.1, -0.05) is 97.6 Å². The van der Waals surface area contributed by atoms with Crippen LogP contribution < -0.4 is 24.3 Å². The number of hydrogen-bond acceptors (Lipinski definition) is 13. The van der Waals surface area contributed by atoms with Crippen LogP contribution in [-0.4, -0.2) is 96.8 Å². The predicted octanol–water partition coefficient (Wildman–Crippen LogP) is 8.47. The quantitative estimate of drug-likeness (QED) is 0.0810. The van der Waals surface area contributed by atoms with Gasteiger partial charge in [-0.15, -0.1) is 0 Å². The number of thioether (sulfide) groups is 1. The first-order chi connectivity index (χ1) is 33.1. The summed E-state index contributed by atoms with van der Waals surface area (Å²) in [4.78, 5) is 32.7. The van der Waals surface area contributed by atoms with Crippen molar-refractivity contribution in [2.24, 2.45) is 0 Å². The number of methoxy groups -OCH3 is 1. The molecule has 4 aliphatic heterocycles. The number of aryl methyl sites for hydroxylation is 1. The SMILES string of the molecule is C=CCOc1c(C)c2c(c3c1CC1[C@H]4c5c(cc(C)c(OC)c5O)C[C@H](C(C#N)N1[C@H]3COC(=O)[C@@H](CSCC1c3ccccc3-c3ccccc31)NC(=O)OCc1ccccc1)N4C)OCO2. The van der Waals surface area contributed by atoms with E-state index in [1.54, 1.807) is 24.9 Å². The second-order valence-electron chi connectivity index (χ2n) is 18.0. The number of alkyl carbamates (subject to hydrolysis) is 1. The third kappa shape index (κ3) is 7.76. The number of rotatable bonds is 14. The van der Waals surface area contributed by atoms with Crippen LogP contribution in [0.3, 0.4) is 0 Å². The molecule has 0 radical (unpaired) electrons. The maximum absolute atomic E-state index is 14.8. The van der Waals surface area contributed by atoms with Gasteiger partial charge in [0.2, 0.25) is 6.79 Å². The van der Waals surface area contributed by atoms with Crippen molar-refractivity contribution in [3.05, 3.63) is 148 Å². The number of hydrogen-bond donors (Lipinski definition) is 2. The van der Waals surface area contributed by atoms with Crippen LogP contribution in [0.1, 0.15) is 68.1 Å². The minimum absolute atomic E-state index is 0.0196. The van der Waals surface area contributed by atoms with Crippen molar-refractivity contribution >= 4 is 23.8 Å². The third-order valence-corrected chi connectivity index (χ3v) is 15.5. The van der Waals surface area contributed by atoms with Gasteiger partial charge in [0.25, 0.3) is 0 Å². The predicted molar refractivity (Wildman–Crippen MR) is 257 cm³/mol. The molecule has 13 nitrogen and oxygen atoms in total. The summed E-state index contributed by atoms with van der Waals surface area (Å²) in [5, 5.41) is 26.1. The normalized spacial score (nSPS) is 21.2. The fraction of sp³-hybridized carbons (Fsp3) is 0.352. The maximum atomic E-state index is 14.8. The summed E-state index contributed by atoms with van der Waals surface area (Å²) in [5.41, 5.74) is 10.5. The maximum Gasteiger partial charge on any atom is 0.408 e. The first kappa shape index (κ1) is 45.1. The number of nitriles is 1. The zero-order valence-corrected chi connectivity index (χ0v) is 39.3. The molecular formula is C54H54N4O9S. The Morgan fingerprint density at radius 1 is 0.956 bits per heavy atom. The highest BCUT2D eigenvalue weighted by molar-refractivity contribution is 7.99. The van der Waals surface area contributed by atoms with E-state index in [-0.39, 0.29) is 50.1 Å². The molecule has 68 heavy (non-hydrogen) atoms. The Balaban J connectivity index is 1.00. The van der Waals surface area contributed by atoms with Crippen LogP contribution in [0.4, 0.5) is 4.79 Å². The molecule has 1 amide bonds. The van der Waals surface area contributed by atoms with Crippen molar-refractivity contribution in [2.45, 2.75) is 75.5 Å². The minimum Gasteiger partial charge on any atom is -0.504 e. The van der Waals surface area contributed by atoms with E-state index >= 15 is 0 Å². The molecule has 0 saturated carbocycles. The van der Waals surface area contributed by atoms with E-state index in [9.17, 15) is 20.0 Å². The van der Waals surface area contributed by atoms with Gasteiger partial charge >= 0.3 is 12.1 Å². The smallest absolute Gasteiger partial charge is 0.408 e. The molecule has 0 aromatic heterocycles. The first-order valence-electron chi connectivity index (χ1n) is 23.0. The molecule has 4 heterocycles. The Morgan fingerprint density at radius 2 is 1.66 bits per heavy atom. The monoisotopic (exact) mass is 934 g/mol.